The molecule has 3 aromatic heterocycles. The van der Waals surface area contributed by atoms with Crippen LogP contribution in [0.2, 0.25) is 0 Å². The van der Waals surface area contributed by atoms with Crippen LogP contribution in [0.3, 0.4) is 0 Å². The molecule has 0 unspecified atom stereocenters. The largest absolute Gasteiger partial charge is 0.253 e. The van der Waals surface area contributed by atoms with Crippen LogP contribution in [0.1, 0.15) is 17.1 Å². The molecule has 0 N–H and O–H groups in total. The molecule has 0 radical (unpaired) electrons. The molecular weight excluding hydrogens is 262 g/mol. The van der Waals surface area contributed by atoms with Gasteiger partial charge in [0.15, 0.2) is 0 Å². The first-order valence-corrected chi connectivity index (χ1v) is 6.79. The first kappa shape index (κ1) is 12.1. The highest BCUT2D eigenvalue weighted by Crippen LogP contribution is 2.18. The van der Waals surface area contributed by atoms with E-state index in [0.717, 1.165) is 17.1 Å². The van der Waals surface area contributed by atoms with Crippen molar-refractivity contribution in [3.05, 3.63) is 29.3 Å². The van der Waals surface area contributed by atoms with Crippen LogP contribution in [0, 0.1) is 13.8 Å². The Bertz CT molecular complexity index is 730. The summed E-state index contributed by atoms with van der Waals surface area (Å²) in [5, 5.41) is 13.4. The molecule has 0 atom stereocenters. The summed E-state index contributed by atoms with van der Waals surface area (Å²) in [7, 11) is 1.80. The summed E-state index contributed by atoms with van der Waals surface area (Å²) in [5.74, 6) is 1.34. The van der Waals surface area contributed by atoms with Crippen LogP contribution in [0.4, 0.5) is 0 Å². The third-order valence-corrected chi connectivity index (χ3v) is 3.47. The summed E-state index contributed by atoms with van der Waals surface area (Å²) < 4.78 is 1.76. The number of hydrogen-bond donors (Lipinski definition) is 0. The molecule has 0 amide bonds. The van der Waals surface area contributed by atoms with E-state index in [2.05, 4.69) is 25.3 Å². The van der Waals surface area contributed by atoms with Gasteiger partial charge in [0, 0.05) is 24.2 Å². The third kappa shape index (κ3) is 2.43. The number of fused-ring (bicyclic) bond motifs is 1. The number of nitrogens with zero attached hydrogens (tertiary/aromatic N) is 7. The van der Waals surface area contributed by atoms with Crippen molar-refractivity contribution < 1.29 is 0 Å². The second-order valence-electron chi connectivity index (χ2n) is 4.26. The second kappa shape index (κ2) is 4.61. The third-order valence-electron chi connectivity index (χ3n) is 2.60. The fraction of sp³-hybridized carbons (Fsp3) is 0.364. The van der Waals surface area contributed by atoms with E-state index in [1.54, 1.807) is 22.6 Å². The van der Waals surface area contributed by atoms with Crippen molar-refractivity contribution in [3.63, 3.8) is 0 Å². The summed E-state index contributed by atoms with van der Waals surface area (Å²) in [4.78, 5) is 10.3. The first-order valence-electron chi connectivity index (χ1n) is 5.81. The Hall–Kier alpha value is -1.96. The Morgan fingerprint density at radius 1 is 1.21 bits per heavy atom. The summed E-state index contributed by atoms with van der Waals surface area (Å²) in [6.07, 6.45) is 1.75. The zero-order valence-corrected chi connectivity index (χ0v) is 11.7. The lowest BCUT2D eigenvalue weighted by Crippen LogP contribution is -1.97. The SMILES string of the molecule is Cc1cc(C)n2nc(SCc3cnn(C)n3)nc2n1. The van der Waals surface area contributed by atoms with Crippen LogP contribution >= 0.6 is 11.8 Å². The van der Waals surface area contributed by atoms with Gasteiger partial charge in [0.25, 0.3) is 5.78 Å². The number of aromatic nitrogens is 7. The maximum Gasteiger partial charge on any atom is 0.253 e. The van der Waals surface area contributed by atoms with Gasteiger partial charge in [0.2, 0.25) is 5.16 Å². The average Bonchev–Trinajstić information content (AvgIpc) is 2.92. The number of aryl methyl sites for hydroxylation is 3. The second-order valence-corrected chi connectivity index (χ2v) is 5.20. The molecule has 0 aliphatic rings. The lowest BCUT2D eigenvalue weighted by Gasteiger charge is -1.97. The minimum Gasteiger partial charge on any atom is -0.216 e. The van der Waals surface area contributed by atoms with Gasteiger partial charge in [-0.2, -0.15) is 20.0 Å². The van der Waals surface area contributed by atoms with Crippen LogP contribution in [-0.4, -0.2) is 34.6 Å². The van der Waals surface area contributed by atoms with E-state index in [1.807, 2.05) is 19.9 Å². The Morgan fingerprint density at radius 2 is 2.05 bits per heavy atom. The minimum atomic E-state index is 0.638. The van der Waals surface area contributed by atoms with Crippen molar-refractivity contribution >= 4 is 17.5 Å². The van der Waals surface area contributed by atoms with Crippen molar-refractivity contribution in [1.29, 1.82) is 0 Å². The van der Waals surface area contributed by atoms with Gasteiger partial charge in [-0.25, -0.2) is 9.50 Å². The van der Waals surface area contributed by atoms with Gasteiger partial charge in [-0.15, -0.1) is 5.10 Å². The monoisotopic (exact) mass is 275 g/mol. The molecule has 0 saturated heterocycles. The molecule has 3 aromatic rings. The van der Waals surface area contributed by atoms with Crippen molar-refractivity contribution in [1.82, 2.24) is 34.6 Å². The minimum absolute atomic E-state index is 0.638. The standard InChI is InChI=1S/C11H13N7S/c1-7-4-8(2)18-10(13-7)14-11(16-18)19-6-9-5-12-17(3)15-9/h4-5H,6H2,1-3H3. The van der Waals surface area contributed by atoms with Crippen molar-refractivity contribution in [2.75, 3.05) is 0 Å². The molecule has 0 spiro atoms. The van der Waals surface area contributed by atoms with Crippen LogP contribution < -0.4 is 0 Å². The molecule has 19 heavy (non-hydrogen) atoms. The number of hydrogen-bond acceptors (Lipinski definition) is 6. The highest BCUT2D eigenvalue weighted by Gasteiger charge is 2.09. The van der Waals surface area contributed by atoms with Gasteiger partial charge in [0.05, 0.1) is 11.9 Å². The van der Waals surface area contributed by atoms with Gasteiger partial charge in [-0.3, -0.25) is 0 Å². The van der Waals surface area contributed by atoms with Crippen LogP contribution in [0.25, 0.3) is 5.78 Å². The number of rotatable bonds is 3. The quantitative estimate of drug-likeness (QED) is 0.668. The van der Waals surface area contributed by atoms with E-state index in [9.17, 15) is 0 Å². The lowest BCUT2D eigenvalue weighted by molar-refractivity contribution is 0.649. The van der Waals surface area contributed by atoms with E-state index in [4.69, 9.17) is 0 Å². The van der Waals surface area contributed by atoms with Gasteiger partial charge >= 0.3 is 0 Å². The topological polar surface area (TPSA) is 73.8 Å². The van der Waals surface area contributed by atoms with E-state index >= 15 is 0 Å². The highest BCUT2D eigenvalue weighted by atomic mass is 32.2. The molecule has 7 nitrogen and oxygen atoms in total. The van der Waals surface area contributed by atoms with Crippen molar-refractivity contribution in [2.45, 2.75) is 24.8 Å². The predicted molar refractivity (Wildman–Crippen MR) is 70.8 cm³/mol. The molecule has 0 fully saturated rings. The molecule has 8 heteroatoms. The molecule has 3 heterocycles. The summed E-state index contributed by atoms with van der Waals surface area (Å²) >= 11 is 1.53. The number of thioether (sulfide) groups is 1. The molecule has 0 saturated carbocycles. The Kier molecular flexibility index (Phi) is 2.94. The molecular formula is C11H13N7S. The van der Waals surface area contributed by atoms with E-state index < -0.39 is 0 Å². The van der Waals surface area contributed by atoms with E-state index in [1.165, 1.54) is 11.8 Å². The van der Waals surface area contributed by atoms with Crippen molar-refractivity contribution in [3.8, 4) is 0 Å². The zero-order valence-electron chi connectivity index (χ0n) is 10.9. The first-order chi connectivity index (χ1) is 9.11. The molecule has 3 rings (SSSR count). The predicted octanol–water partition coefficient (Wildman–Crippen LogP) is 1.16. The van der Waals surface area contributed by atoms with Gasteiger partial charge in [-0.1, -0.05) is 11.8 Å². The summed E-state index contributed by atoms with van der Waals surface area (Å²) in [5.41, 5.74) is 2.89. The van der Waals surface area contributed by atoms with E-state index in [-0.39, 0.29) is 0 Å². The zero-order chi connectivity index (χ0) is 13.4. The molecule has 98 valence electrons. The molecule has 0 bridgehead atoms. The Labute approximate surface area is 114 Å². The average molecular weight is 275 g/mol. The molecule has 0 aliphatic heterocycles. The maximum absolute atomic E-state index is 4.43. The van der Waals surface area contributed by atoms with Crippen LogP contribution in [0.5, 0.6) is 0 Å². The summed E-state index contributed by atoms with van der Waals surface area (Å²) in [6, 6.07) is 1.98. The molecule has 0 aliphatic carbocycles. The highest BCUT2D eigenvalue weighted by molar-refractivity contribution is 7.98. The van der Waals surface area contributed by atoms with Gasteiger partial charge < -0.3 is 0 Å². The maximum atomic E-state index is 4.43. The smallest absolute Gasteiger partial charge is 0.216 e. The van der Waals surface area contributed by atoms with Crippen LogP contribution in [0.15, 0.2) is 17.4 Å². The normalized spacial score (nSPS) is 11.3. The fourth-order valence-corrected chi connectivity index (χ4v) is 2.50. The fourth-order valence-electron chi connectivity index (χ4n) is 1.80. The van der Waals surface area contributed by atoms with E-state index in [0.29, 0.717) is 16.7 Å². The molecule has 0 aromatic carbocycles. The van der Waals surface area contributed by atoms with Crippen LogP contribution in [-0.2, 0) is 12.8 Å². The Morgan fingerprint density at radius 3 is 2.79 bits per heavy atom. The van der Waals surface area contributed by atoms with Crippen molar-refractivity contribution in [2.24, 2.45) is 7.05 Å². The summed E-state index contributed by atoms with van der Waals surface area (Å²) in [6.45, 7) is 3.95. The Balaban J connectivity index is 1.83. The lowest BCUT2D eigenvalue weighted by atomic mass is 10.4. The van der Waals surface area contributed by atoms with Gasteiger partial charge in [-0.05, 0) is 19.9 Å². The van der Waals surface area contributed by atoms with Gasteiger partial charge in [0.1, 0.15) is 0 Å².